The molecule has 0 saturated heterocycles. The second kappa shape index (κ2) is 9.93. The highest BCUT2D eigenvalue weighted by atomic mass is 16.5. The van der Waals surface area contributed by atoms with Crippen LogP contribution < -0.4 is 10.6 Å². The summed E-state index contributed by atoms with van der Waals surface area (Å²) < 4.78 is 7.25. The fourth-order valence-electron chi connectivity index (χ4n) is 4.35. The number of benzene rings is 1. The van der Waals surface area contributed by atoms with E-state index in [0.717, 1.165) is 49.9 Å². The van der Waals surface area contributed by atoms with Crippen LogP contribution >= 0.6 is 0 Å². The van der Waals surface area contributed by atoms with Gasteiger partial charge in [0.05, 0.1) is 0 Å². The Morgan fingerprint density at radius 1 is 1.18 bits per heavy atom. The summed E-state index contributed by atoms with van der Waals surface area (Å²) in [6.45, 7) is 1.51. The van der Waals surface area contributed by atoms with Crippen molar-refractivity contribution in [1.29, 1.82) is 0 Å². The zero-order valence-corrected chi connectivity index (χ0v) is 19.0. The van der Waals surface area contributed by atoms with Crippen LogP contribution in [0.4, 0.5) is 5.69 Å². The third kappa shape index (κ3) is 5.44. The number of carbonyl (C=O) groups is 2. The van der Waals surface area contributed by atoms with Crippen LogP contribution in [0.1, 0.15) is 63.6 Å². The van der Waals surface area contributed by atoms with Gasteiger partial charge in [0.25, 0.3) is 0 Å². The molecule has 174 valence electrons. The summed E-state index contributed by atoms with van der Waals surface area (Å²) in [6.07, 6.45) is 7.97. The van der Waals surface area contributed by atoms with Gasteiger partial charge in [0.15, 0.2) is 11.6 Å². The van der Waals surface area contributed by atoms with E-state index in [0.29, 0.717) is 23.8 Å². The summed E-state index contributed by atoms with van der Waals surface area (Å²) in [7, 11) is 1.87. The van der Waals surface area contributed by atoms with Crippen molar-refractivity contribution < 1.29 is 14.1 Å². The van der Waals surface area contributed by atoms with E-state index < -0.39 is 5.54 Å². The van der Waals surface area contributed by atoms with Crippen LogP contribution in [0.25, 0.3) is 11.4 Å². The lowest BCUT2D eigenvalue weighted by molar-refractivity contribution is -0.121. The van der Waals surface area contributed by atoms with E-state index in [1.54, 1.807) is 6.33 Å². The first-order valence-electron chi connectivity index (χ1n) is 11.3. The Labute approximate surface area is 192 Å². The molecule has 3 aromatic rings. The van der Waals surface area contributed by atoms with Gasteiger partial charge in [0.1, 0.15) is 11.9 Å². The molecule has 0 atom stereocenters. The fourth-order valence-corrected chi connectivity index (χ4v) is 4.35. The van der Waals surface area contributed by atoms with Gasteiger partial charge in [-0.15, -0.1) is 10.2 Å². The molecular weight excluding hydrogens is 422 g/mol. The summed E-state index contributed by atoms with van der Waals surface area (Å²) in [5.74, 6) is 1.35. The summed E-state index contributed by atoms with van der Waals surface area (Å²) in [6, 6.07) is 7.46. The summed E-state index contributed by atoms with van der Waals surface area (Å²) in [5, 5.41) is 18.1. The number of aromatic nitrogens is 5. The topological polar surface area (TPSA) is 128 Å². The van der Waals surface area contributed by atoms with Gasteiger partial charge in [-0.3, -0.25) is 9.59 Å². The average molecular weight is 452 g/mol. The first kappa shape index (κ1) is 22.6. The van der Waals surface area contributed by atoms with E-state index in [4.69, 9.17) is 4.52 Å². The Kier molecular flexibility index (Phi) is 6.81. The van der Waals surface area contributed by atoms with Gasteiger partial charge >= 0.3 is 0 Å². The van der Waals surface area contributed by atoms with Crippen LogP contribution in [-0.4, -0.2) is 36.7 Å². The molecule has 0 spiro atoms. The van der Waals surface area contributed by atoms with Gasteiger partial charge in [-0.2, -0.15) is 4.98 Å². The van der Waals surface area contributed by atoms with Crippen molar-refractivity contribution in [3.8, 4) is 11.4 Å². The lowest BCUT2D eigenvalue weighted by atomic mass is 9.89. The molecule has 1 aliphatic carbocycles. The highest BCUT2D eigenvalue weighted by Gasteiger charge is 2.38. The van der Waals surface area contributed by atoms with E-state index in [1.165, 1.54) is 6.92 Å². The quantitative estimate of drug-likeness (QED) is 0.528. The van der Waals surface area contributed by atoms with Gasteiger partial charge < -0.3 is 19.7 Å². The molecule has 1 fully saturated rings. The van der Waals surface area contributed by atoms with Crippen molar-refractivity contribution >= 4 is 17.5 Å². The Morgan fingerprint density at radius 2 is 1.97 bits per heavy atom. The molecule has 2 heterocycles. The number of nitrogens with one attached hydrogen (secondary N) is 2. The third-order valence-corrected chi connectivity index (χ3v) is 5.95. The molecule has 0 aliphatic heterocycles. The molecule has 1 aliphatic rings. The second-order valence-electron chi connectivity index (χ2n) is 8.58. The van der Waals surface area contributed by atoms with Gasteiger partial charge in [-0.1, -0.05) is 43.0 Å². The standard InChI is InChI=1S/C23H29N7O3/c1-16(31)27-23(12-5-3-4-6-13-23)22-26-20(33-29-22)11-10-19(32)25-18-9-7-8-17(14-18)21-28-24-15-30(21)2/h7-9,14-15H,3-6,10-13H2,1-2H3,(H,25,32)(H,27,31). The number of amides is 2. The Hall–Kier alpha value is -3.56. The number of carbonyl (C=O) groups excluding carboxylic acids is 2. The van der Waals surface area contributed by atoms with E-state index in [2.05, 4.69) is 31.0 Å². The normalized spacial score (nSPS) is 15.6. The molecule has 1 aromatic carbocycles. The first-order chi connectivity index (χ1) is 15.9. The predicted octanol–water partition coefficient (Wildman–Crippen LogP) is 3.12. The van der Waals surface area contributed by atoms with Crippen molar-refractivity contribution in [1.82, 2.24) is 30.2 Å². The summed E-state index contributed by atoms with van der Waals surface area (Å²) in [4.78, 5) is 28.9. The number of rotatable bonds is 7. The smallest absolute Gasteiger partial charge is 0.227 e. The molecule has 0 bridgehead atoms. The van der Waals surface area contributed by atoms with Crippen LogP contribution in [0.5, 0.6) is 0 Å². The minimum absolute atomic E-state index is 0.105. The van der Waals surface area contributed by atoms with Crippen LogP contribution in [0.2, 0.25) is 0 Å². The summed E-state index contributed by atoms with van der Waals surface area (Å²) >= 11 is 0. The lowest BCUT2D eigenvalue weighted by Gasteiger charge is -2.30. The third-order valence-electron chi connectivity index (χ3n) is 5.95. The minimum atomic E-state index is -0.591. The number of hydrogen-bond acceptors (Lipinski definition) is 7. The maximum Gasteiger partial charge on any atom is 0.227 e. The number of hydrogen-bond donors (Lipinski definition) is 2. The van der Waals surface area contributed by atoms with Crippen LogP contribution in [0.3, 0.4) is 0 Å². The number of nitrogens with zero attached hydrogens (tertiary/aromatic N) is 5. The zero-order valence-electron chi connectivity index (χ0n) is 19.0. The van der Waals surface area contributed by atoms with Crippen LogP contribution in [-0.2, 0) is 28.6 Å². The molecule has 2 amide bonds. The van der Waals surface area contributed by atoms with Gasteiger partial charge in [-0.25, -0.2) is 0 Å². The van der Waals surface area contributed by atoms with E-state index in [9.17, 15) is 9.59 Å². The molecule has 10 heteroatoms. The zero-order chi connectivity index (χ0) is 23.3. The predicted molar refractivity (Wildman–Crippen MR) is 121 cm³/mol. The molecule has 33 heavy (non-hydrogen) atoms. The Balaban J connectivity index is 1.38. The molecule has 1 saturated carbocycles. The number of aryl methyl sites for hydroxylation is 2. The monoisotopic (exact) mass is 451 g/mol. The summed E-state index contributed by atoms with van der Waals surface area (Å²) in [5.41, 5.74) is 0.947. The molecule has 2 aromatic heterocycles. The largest absolute Gasteiger partial charge is 0.343 e. The van der Waals surface area contributed by atoms with Crippen LogP contribution in [0, 0.1) is 0 Å². The van der Waals surface area contributed by atoms with Crippen molar-refractivity contribution in [2.75, 3.05) is 5.32 Å². The molecule has 10 nitrogen and oxygen atoms in total. The SMILES string of the molecule is CC(=O)NC1(c2noc(CCC(=O)Nc3cccc(-c4nncn4C)c3)n2)CCCCCC1. The molecular formula is C23H29N7O3. The fraction of sp³-hybridized carbons (Fsp3) is 0.478. The Morgan fingerprint density at radius 3 is 2.67 bits per heavy atom. The highest BCUT2D eigenvalue weighted by molar-refractivity contribution is 5.91. The second-order valence-corrected chi connectivity index (χ2v) is 8.58. The number of anilines is 1. The molecule has 0 unspecified atom stereocenters. The average Bonchev–Trinajstić information content (AvgIpc) is 3.37. The highest BCUT2D eigenvalue weighted by Crippen LogP contribution is 2.34. The Bertz CT molecular complexity index is 1110. The van der Waals surface area contributed by atoms with E-state index >= 15 is 0 Å². The van der Waals surface area contributed by atoms with Crippen molar-refractivity contribution in [2.45, 2.75) is 63.8 Å². The van der Waals surface area contributed by atoms with E-state index in [1.807, 2.05) is 35.9 Å². The minimum Gasteiger partial charge on any atom is -0.343 e. The van der Waals surface area contributed by atoms with Crippen molar-refractivity contribution in [2.24, 2.45) is 7.05 Å². The van der Waals surface area contributed by atoms with Gasteiger partial charge in [-0.05, 0) is 25.0 Å². The lowest BCUT2D eigenvalue weighted by Crippen LogP contribution is -2.45. The molecule has 4 rings (SSSR count). The van der Waals surface area contributed by atoms with E-state index in [-0.39, 0.29) is 18.2 Å². The van der Waals surface area contributed by atoms with Gasteiger partial charge in [0, 0.05) is 38.1 Å². The maximum atomic E-state index is 12.5. The first-order valence-corrected chi connectivity index (χ1v) is 11.3. The molecule has 0 radical (unpaired) electrons. The van der Waals surface area contributed by atoms with Crippen molar-refractivity contribution in [3.63, 3.8) is 0 Å². The maximum absolute atomic E-state index is 12.5. The van der Waals surface area contributed by atoms with Crippen LogP contribution in [0.15, 0.2) is 35.1 Å². The molecule has 2 N–H and O–H groups in total. The van der Waals surface area contributed by atoms with Gasteiger partial charge in [0.2, 0.25) is 17.7 Å². The van der Waals surface area contributed by atoms with Crippen molar-refractivity contribution in [3.05, 3.63) is 42.3 Å².